The van der Waals surface area contributed by atoms with Crippen molar-refractivity contribution in [3.05, 3.63) is 36.2 Å². The van der Waals surface area contributed by atoms with Gasteiger partial charge in [0.05, 0.1) is 0 Å². The third-order valence-corrected chi connectivity index (χ3v) is 5.00. The number of nitrogens with zero attached hydrogens (tertiary/aromatic N) is 3. The molecule has 118 valence electrons. The number of rotatable bonds is 4. The molecule has 2 aromatic heterocycles. The third-order valence-electron chi connectivity index (χ3n) is 5.00. The Kier molecular flexibility index (Phi) is 3.56. The molecule has 2 aromatic rings. The van der Waals surface area contributed by atoms with E-state index in [4.69, 9.17) is 0 Å². The summed E-state index contributed by atoms with van der Waals surface area (Å²) in [5.41, 5.74) is 1.86. The Labute approximate surface area is 134 Å². The molecule has 3 heterocycles. The normalized spacial score (nSPS) is 24.3. The van der Waals surface area contributed by atoms with Crippen molar-refractivity contribution in [2.75, 3.05) is 0 Å². The van der Waals surface area contributed by atoms with Crippen molar-refractivity contribution in [3.63, 3.8) is 0 Å². The van der Waals surface area contributed by atoms with Crippen LogP contribution in [-0.4, -0.2) is 32.7 Å². The number of imide groups is 1. The van der Waals surface area contributed by atoms with E-state index < -0.39 is 0 Å². The summed E-state index contributed by atoms with van der Waals surface area (Å²) in [5.74, 6) is 0.615. The Morgan fingerprint density at radius 2 is 1.87 bits per heavy atom. The number of likely N-dealkylation sites (tertiary alicyclic amines) is 1. The van der Waals surface area contributed by atoms with Crippen molar-refractivity contribution < 1.29 is 9.59 Å². The summed E-state index contributed by atoms with van der Waals surface area (Å²) in [5, 5.41) is 1.06. The summed E-state index contributed by atoms with van der Waals surface area (Å²) in [6.07, 6.45) is 6.43. The van der Waals surface area contributed by atoms with E-state index in [0.29, 0.717) is 18.8 Å². The average molecular weight is 309 g/mol. The van der Waals surface area contributed by atoms with Gasteiger partial charge in [0.15, 0.2) is 5.65 Å². The predicted molar refractivity (Wildman–Crippen MR) is 85.5 cm³/mol. The Morgan fingerprint density at radius 1 is 1.09 bits per heavy atom. The molecule has 2 fully saturated rings. The number of hydrogen-bond acceptors (Lipinski definition) is 4. The van der Waals surface area contributed by atoms with Crippen LogP contribution in [-0.2, 0) is 16.0 Å². The molecule has 0 N–H and O–H groups in total. The monoisotopic (exact) mass is 309 g/mol. The highest BCUT2D eigenvalue weighted by molar-refractivity contribution is 6.02. The van der Waals surface area contributed by atoms with Crippen molar-refractivity contribution >= 4 is 22.8 Å². The van der Waals surface area contributed by atoms with E-state index in [0.717, 1.165) is 42.4 Å². The molecule has 0 atom stereocenters. The molecule has 1 aliphatic heterocycles. The average Bonchev–Trinajstić information content (AvgIpc) is 2.85. The lowest BCUT2D eigenvalue weighted by Gasteiger charge is -2.40. The number of amides is 2. The number of hydrogen-bond donors (Lipinski definition) is 0. The van der Waals surface area contributed by atoms with Gasteiger partial charge in [-0.1, -0.05) is 0 Å². The molecule has 23 heavy (non-hydrogen) atoms. The smallest absolute Gasteiger partial charge is 0.229 e. The Morgan fingerprint density at radius 3 is 2.65 bits per heavy atom. The molecule has 5 heteroatoms. The fourth-order valence-electron chi connectivity index (χ4n) is 3.63. The van der Waals surface area contributed by atoms with E-state index >= 15 is 0 Å². The van der Waals surface area contributed by atoms with Gasteiger partial charge in [0, 0.05) is 36.2 Å². The van der Waals surface area contributed by atoms with E-state index in [9.17, 15) is 9.59 Å². The molecule has 4 rings (SSSR count). The molecule has 5 nitrogen and oxygen atoms in total. The maximum atomic E-state index is 11.7. The Bertz CT molecular complexity index is 752. The van der Waals surface area contributed by atoms with E-state index in [1.54, 1.807) is 6.20 Å². The van der Waals surface area contributed by atoms with Crippen LogP contribution in [0, 0.1) is 5.92 Å². The number of carbonyl (C=O) groups is 2. The zero-order valence-electron chi connectivity index (χ0n) is 12.9. The van der Waals surface area contributed by atoms with Gasteiger partial charge in [-0.05, 0) is 55.9 Å². The van der Waals surface area contributed by atoms with Crippen LogP contribution in [0.5, 0.6) is 0 Å². The molecule has 2 aliphatic rings. The van der Waals surface area contributed by atoms with Gasteiger partial charge < -0.3 is 0 Å². The van der Waals surface area contributed by atoms with Crippen LogP contribution in [0.25, 0.3) is 11.0 Å². The molecule has 1 saturated heterocycles. The summed E-state index contributed by atoms with van der Waals surface area (Å²) in [6.45, 7) is 0. The molecule has 1 saturated carbocycles. The minimum Gasteiger partial charge on any atom is -0.279 e. The lowest BCUT2D eigenvalue weighted by molar-refractivity contribution is -0.144. The van der Waals surface area contributed by atoms with Gasteiger partial charge in [0.25, 0.3) is 0 Å². The van der Waals surface area contributed by atoms with E-state index in [2.05, 4.69) is 22.1 Å². The van der Waals surface area contributed by atoms with Crippen LogP contribution in [0.4, 0.5) is 0 Å². The maximum absolute atomic E-state index is 11.7. The maximum Gasteiger partial charge on any atom is 0.229 e. The first-order chi connectivity index (χ1) is 11.2. The largest absolute Gasteiger partial charge is 0.279 e. The van der Waals surface area contributed by atoms with Crippen LogP contribution in [0.15, 0.2) is 30.5 Å². The summed E-state index contributed by atoms with van der Waals surface area (Å²) in [7, 11) is 0. The lowest BCUT2D eigenvalue weighted by Crippen LogP contribution is -2.47. The van der Waals surface area contributed by atoms with Crippen LogP contribution in [0.3, 0.4) is 0 Å². The molecule has 0 unspecified atom stereocenters. The predicted octanol–water partition coefficient (Wildman–Crippen LogP) is 2.49. The van der Waals surface area contributed by atoms with Crippen molar-refractivity contribution in [1.82, 2.24) is 14.9 Å². The first kappa shape index (κ1) is 14.3. The van der Waals surface area contributed by atoms with Gasteiger partial charge in [-0.25, -0.2) is 9.97 Å². The topological polar surface area (TPSA) is 63.2 Å². The summed E-state index contributed by atoms with van der Waals surface area (Å²) in [4.78, 5) is 33.8. The van der Waals surface area contributed by atoms with Crippen molar-refractivity contribution in [3.8, 4) is 0 Å². The lowest BCUT2D eigenvalue weighted by atomic mass is 9.76. The molecule has 0 radical (unpaired) electrons. The molecular formula is C18H19N3O2. The van der Waals surface area contributed by atoms with Gasteiger partial charge >= 0.3 is 0 Å². The van der Waals surface area contributed by atoms with E-state index in [-0.39, 0.29) is 17.9 Å². The van der Waals surface area contributed by atoms with Crippen LogP contribution >= 0.6 is 0 Å². The second-order valence-electron chi connectivity index (χ2n) is 6.54. The zero-order chi connectivity index (χ0) is 15.8. The highest BCUT2D eigenvalue weighted by atomic mass is 16.2. The third kappa shape index (κ3) is 2.71. The molecule has 2 amide bonds. The SMILES string of the molecule is O=C1CCC(=O)N1C1CC(CCc2ccc3cccnc3n2)C1. The molecule has 0 aromatic carbocycles. The van der Waals surface area contributed by atoms with Gasteiger partial charge in [0.1, 0.15) is 0 Å². The van der Waals surface area contributed by atoms with Gasteiger partial charge in [0.2, 0.25) is 11.8 Å². The van der Waals surface area contributed by atoms with Gasteiger partial charge in [-0.3, -0.25) is 14.5 Å². The molecule has 0 bridgehead atoms. The first-order valence-corrected chi connectivity index (χ1v) is 8.26. The summed E-state index contributed by atoms with van der Waals surface area (Å²) in [6, 6.07) is 8.20. The minimum absolute atomic E-state index is 0.0146. The molecule has 0 spiro atoms. The van der Waals surface area contributed by atoms with Crippen molar-refractivity contribution in [2.45, 2.75) is 44.6 Å². The number of aryl methyl sites for hydroxylation is 1. The fourth-order valence-corrected chi connectivity index (χ4v) is 3.63. The standard InChI is InChI=1S/C18H19N3O2/c22-16-7-8-17(23)21(16)15-10-12(11-15)3-5-14-6-4-13-2-1-9-19-18(13)20-14/h1-2,4,6,9,12,15H,3,5,7-8,10-11H2. The van der Waals surface area contributed by atoms with Crippen LogP contribution in [0.1, 0.15) is 37.8 Å². The van der Waals surface area contributed by atoms with Crippen LogP contribution in [0.2, 0.25) is 0 Å². The van der Waals surface area contributed by atoms with Crippen LogP contribution < -0.4 is 0 Å². The summed E-state index contributed by atoms with van der Waals surface area (Å²) >= 11 is 0. The van der Waals surface area contributed by atoms with E-state index in [1.165, 1.54) is 4.90 Å². The Hall–Kier alpha value is -2.30. The molecule has 1 aliphatic carbocycles. The number of fused-ring (bicyclic) bond motifs is 1. The summed E-state index contributed by atoms with van der Waals surface area (Å²) < 4.78 is 0. The second kappa shape index (κ2) is 5.72. The zero-order valence-corrected chi connectivity index (χ0v) is 12.9. The Balaban J connectivity index is 1.32. The van der Waals surface area contributed by atoms with Crippen molar-refractivity contribution in [2.24, 2.45) is 5.92 Å². The highest BCUT2D eigenvalue weighted by Crippen LogP contribution is 2.37. The minimum atomic E-state index is 0.0146. The number of carbonyl (C=O) groups excluding carboxylic acids is 2. The number of pyridine rings is 2. The van der Waals surface area contributed by atoms with Gasteiger partial charge in [-0.15, -0.1) is 0 Å². The van der Waals surface area contributed by atoms with Gasteiger partial charge in [-0.2, -0.15) is 0 Å². The van der Waals surface area contributed by atoms with E-state index in [1.807, 2.05) is 12.1 Å². The van der Waals surface area contributed by atoms with Crippen molar-refractivity contribution in [1.29, 1.82) is 0 Å². The number of aromatic nitrogens is 2. The first-order valence-electron chi connectivity index (χ1n) is 8.26. The molecular weight excluding hydrogens is 290 g/mol. The fraction of sp³-hybridized carbons (Fsp3) is 0.444. The second-order valence-corrected chi connectivity index (χ2v) is 6.54. The highest BCUT2D eigenvalue weighted by Gasteiger charge is 2.41. The quantitative estimate of drug-likeness (QED) is 0.814.